The molecule has 11 aromatic rings. The van der Waals surface area contributed by atoms with Gasteiger partial charge in [0, 0.05) is 22.2 Å². The van der Waals surface area contributed by atoms with Gasteiger partial charge in [0.2, 0.25) is 0 Å². The fraction of sp³-hybridized carbons (Fsp3) is 0.0492. The summed E-state index contributed by atoms with van der Waals surface area (Å²) in [6, 6.07) is 83.1. The first-order chi connectivity index (χ1) is 30.5. The van der Waals surface area contributed by atoms with Gasteiger partial charge in [-0.15, -0.1) is 0 Å². The second-order valence-electron chi connectivity index (χ2n) is 17.2. The first-order valence-corrected chi connectivity index (χ1v) is 21.7. The molecule has 0 unspecified atom stereocenters. The maximum absolute atomic E-state index is 2.49. The van der Waals surface area contributed by atoms with Crippen molar-refractivity contribution in [3.8, 4) is 44.5 Å². The summed E-state index contributed by atoms with van der Waals surface area (Å²) in [7, 11) is 0. The summed E-state index contributed by atoms with van der Waals surface area (Å²) in [5, 5.41) is 9.93. The zero-order valence-electron chi connectivity index (χ0n) is 34.8. The van der Waals surface area contributed by atoms with Crippen molar-refractivity contribution in [1.29, 1.82) is 0 Å². The van der Waals surface area contributed by atoms with E-state index < -0.39 is 0 Å². The normalized spacial score (nSPS) is 12.8. The largest absolute Gasteiger partial charge is 0.310 e. The highest BCUT2D eigenvalue weighted by Crippen LogP contribution is 2.53. The molecular formula is C61H43N. The smallest absolute Gasteiger partial charge is 0.0540 e. The molecule has 62 heavy (non-hydrogen) atoms. The van der Waals surface area contributed by atoms with Crippen molar-refractivity contribution in [2.75, 3.05) is 4.90 Å². The zero-order chi connectivity index (χ0) is 41.4. The Morgan fingerprint density at radius 2 is 0.871 bits per heavy atom. The predicted octanol–water partition coefficient (Wildman–Crippen LogP) is 17.1. The summed E-state index contributed by atoms with van der Waals surface area (Å²) in [6.45, 7) is 4.74. The number of nitrogens with zero attached hydrogens (tertiary/aromatic N) is 1. The Labute approximate surface area is 362 Å². The summed E-state index contributed by atoms with van der Waals surface area (Å²) >= 11 is 0. The highest BCUT2D eigenvalue weighted by Gasteiger charge is 2.36. The topological polar surface area (TPSA) is 3.24 Å². The van der Waals surface area contributed by atoms with Crippen molar-refractivity contribution in [3.05, 3.63) is 236 Å². The lowest BCUT2D eigenvalue weighted by Crippen LogP contribution is -2.16. The summed E-state index contributed by atoms with van der Waals surface area (Å²) in [5.74, 6) is 0. The van der Waals surface area contributed by atoms with Gasteiger partial charge in [0.15, 0.2) is 0 Å². The molecule has 1 aliphatic carbocycles. The predicted molar refractivity (Wildman–Crippen MR) is 265 cm³/mol. The Morgan fingerprint density at radius 3 is 1.63 bits per heavy atom. The van der Waals surface area contributed by atoms with E-state index in [1.807, 2.05) is 0 Å². The molecule has 1 nitrogen and oxygen atoms in total. The molecule has 12 rings (SSSR count). The number of benzene rings is 11. The SMILES string of the molecule is CC1(C)c2ccccc2-c2ccc(N(c3ccc4c(c3)c3ccccc3c3c(-c5ccccc5)cc(-c5ccccc5)c(-c5ccccc5)c43)c3cccc4ccccc34)cc21. The highest BCUT2D eigenvalue weighted by molar-refractivity contribution is 6.33. The van der Waals surface area contributed by atoms with Crippen molar-refractivity contribution < 1.29 is 0 Å². The molecule has 0 spiro atoms. The molecule has 0 bridgehead atoms. The van der Waals surface area contributed by atoms with Crippen molar-refractivity contribution in [1.82, 2.24) is 0 Å². The van der Waals surface area contributed by atoms with Crippen LogP contribution in [0.3, 0.4) is 0 Å². The van der Waals surface area contributed by atoms with Crippen LogP contribution in [0.5, 0.6) is 0 Å². The van der Waals surface area contributed by atoms with Gasteiger partial charge < -0.3 is 4.90 Å². The minimum absolute atomic E-state index is 0.133. The lowest BCUT2D eigenvalue weighted by molar-refractivity contribution is 0.660. The number of hydrogen-bond donors (Lipinski definition) is 0. The van der Waals surface area contributed by atoms with Crippen LogP contribution in [0, 0.1) is 0 Å². The Balaban J connectivity index is 1.20. The lowest BCUT2D eigenvalue weighted by Gasteiger charge is -2.29. The Morgan fingerprint density at radius 1 is 0.323 bits per heavy atom. The number of anilines is 3. The van der Waals surface area contributed by atoms with Gasteiger partial charge in [0.05, 0.1) is 5.69 Å². The van der Waals surface area contributed by atoms with Gasteiger partial charge in [-0.2, -0.15) is 0 Å². The molecule has 0 saturated heterocycles. The van der Waals surface area contributed by atoms with Gasteiger partial charge in [-0.25, -0.2) is 0 Å². The summed E-state index contributed by atoms with van der Waals surface area (Å²) in [6.07, 6.45) is 0. The van der Waals surface area contributed by atoms with Crippen molar-refractivity contribution in [3.63, 3.8) is 0 Å². The van der Waals surface area contributed by atoms with Crippen molar-refractivity contribution >= 4 is 60.2 Å². The minimum Gasteiger partial charge on any atom is -0.310 e. The van der Waals surface area contributed by atoms with E-state index >= 15 is 0 Å². The van der Waals surface area contributed by atoms with Crippen LogP contribution < -0.4 is 4.90 Å². The second kappa shape index (κ2) is 14.2. The van der Waals surface area contributed by atoms with E-state index in [1.54, 1.807) is 0 Å². The van der Waals surface area contributed by atoms with Crippen LogP contribution >= 0.6 is 0 Å². The molecule has 0 aromatic heterocycles. The number of rotatable bonds is 6. The van der Waals surface area contributed by atoms with Gasteiger partial charge >= 0.3 is 0 Å². The molecule has 0 fully saturated rings. The van der Waals surface area contributed by atoms with Crippen molar-refractivity contribution in [2.45, 2.75) is 19.3 Å². The molecule has 0 radical (unpaired) electrons. The van der Waals surface area contributed by atoms with Crippen LogP contribution in [-0.2, 0) is 5.41 Å². The van der Waals surface area contributed by atoms with Crippen LogP contribution in [0.15, 0.2) is 224 Å². The Hall–Kier alpha value is -7.74. The van der Waals surface area contributed by atoms with Gasteiger partial charge in [-0.1, -0.05) is 202 Å². The standard InChI is InChI=1S/C61H43N/c1-61(2)55-31-17-16-29-48(55)49-35-33-45(38-56(49)61)62(57-32-18-26-40-23-12-13-27-46(40)57)44-34-36-51-54(37-44)47-28-14-15-30-50(47)59-53(42-21-8-4-9-22-42)39-52(41-19-6-3-7-20-41)58(60(51)59)43-24-10-5-11-25-43/h3-39H,1-2H3. The molecule has 0 saturated carbocycles. The van der Waals surface area contributed by atoms with E-state index in [1.165, 1.54) is 98.7 Å². The van der Waals surface area contributed by atoms with Crippen LogP contribution in [-0.4, -0.2) is 0 Å². The first-order valence-electron chi connectivity index (χ1n) is 21.7. The van der Waals surface area contributed by atoms with E-state index in [0.717, 1.165) is 17.1 Å². The molecule has 0 N–H and O–H groups in total. The average Bonchev–Trinajstić information content (AvgIpc) is 3.57. The van der Waals surface area contributed by atoms with E-state index in [4.69, 9.17) is 0 Å². The molecular weight excluding hydrogens is 747 g/mol. The maximum atomic E-state index is 2.49. The lowest BCUT2D eigenvalue weighted by atomic mass is 9.81. The number of fused-ring (bicyclic) bond motifs is 10. The molecule has 292 valence electrons. The summed E-state index contributed by atoms with van der Waals surface area (Å²) in [4.78, 5) is 2.49. The Kier molecular flexibility index (Phi) is 8.27. The van der Waals surface area contributed by atoms with E-state index in [0.29, 0.717) is 0 Å². The molecule has 0 heterocycles. The van der Waals surface area contributed by atoms with E-state index in [9.17, 15) is 0 Å². The highest BCUT2D eigenvalue weighted by atomic mass is 15.1. The van der Waals surface area contributed by atoms with Gasteiger partial charge in [-0.05, 0) is 130 Å². The van der Waals surface area contributed by atoms with E-state index in [-0.39, 0.29) is 5.41 Å². The summed E-state index contributed by atoms with van der Waals surface area (Å²) < 4.78 is 0. The fourth-order valence-electron chi connectivity index (χ4n) is 10.5. The van der Waals surface area contributed by atoms with Crippen LogP contribution in [0.4, 0.5) is 17.1 Å². The van der Waals surface area contributed by atoms with Crippen LogP contribution in [0.1, 0.15) is 25.0 Å². The number of hydrogen-bond acceptors (Lipinski definition) is 1. The third-order valence-electron chi connectivity index (χ3n) is 13.4. The van der Waals surface area contributed by atoms with Gasteiger partial charge in [-0.3, -0.25) is 0 Å². The zero-order valence-corrected chi connectivity index (χ0v) is 34.8. The quantitative estimate of drug-likeness (QED) is 0.152. The molecule has 0 aliphatic heterocycles. The third kappa shape index (κ3) is 5.55. The first kappa shape index (κ1) is 36.1. The van der Waals surface area contributed by atoms with Gasteiger partial charge in [0.1, 0.15) is 0 Å². The van der Waals surface area contributed by atoms with Crippen LogP contribution in [0.25, 0.3) is 87.6 Å². The molecule has 1 aliphatic rings. The average molecular weight is 790 g/mol. The van der Waals surface area contributed by atoms with Gasteiger partial charge in [0.25, 0.3) is 0 Å². The summed E-state index contributed by atoms with van der Waals surface area (Å²) in [5.41, 5.74) is 16.0. The third-order valence-corrected chi connectivity index (χ3v) is 13.4. The molecule has 1 heteroatoms. The van der Waals surface area contributed by atoms with Crippen LogP contribution in [0.2, 0.25) is 0 Å². The minimum atomic E-state index is -0.133. The van der Waals surface area contributed by atoms with E-state index in [2.05, 4.69) is 243 Å². The maximum Gasteiger partial charge on any atom is 0.0540 e. The molecule has 0 atom stereocenters. The van der Waals surface area contributed by atoms with Crippen molar-refractivity contribution in [2.24, 2.45) is 0 Å². The Bertz CT molecular complexity index is 3520. The fourth-order valence-corrected chi connectivity index (χ4v) is 10.5. The second-order valence-corrected chi connectivity index (χ2v) is 17.2. The molecule has 11 aromatic carbocycles. The monoisotopic (exact) mass is 789 g/mol. The molecule has 0 amide bonds.